The number of anilines is 1. The number of aryl methyl sites for hydroxylation is 1. The number of piperidine rings is 1. The van der Waals surface area contributed by atoms with Gasteiger partial charge in [0.15, 0.2) is 0 Å². The summed E-state index contributed by atoms with van der Waals surface area (Å²) in [6.45, 7) is 4.13. The molecule has 0 saturated carbocycles. The van der Waals surface area contributed by atoms with Gasteiger partial charge in [-0.3, -0.25) is 9.69 Å². The van der Waals surface area contributed by atoms with Gasteiger partial charge in [-0.05, 0) is 56.6 Å². The summed E-state index contributed by atoms with van der Waals surface area (Å²) in [4.78, 5) is 14.5. The Morgan fingerprint density at radius 2 is 1.62 bits per heavy atom. The predicted molar refractivity (Wildman–Crippen MR) is 115 cm³/mol. The van der Waals surface area contributed by atoms with Crippen molar-refractivity contribution in [1.82, 2.24) is 9.21 Å². The van der Waals surface area contributed by atoms with Gasteiger partial charge < -0.3 is 5.32 Å². The minimum Gasteiger partial charge on any atom is -0.325 e. The molecule has 7 heteroatoms. The molecule has 3 rings (SSSR count). The zero-order valence-corrected chi connectivity index (χ0v) is 17.9. The number of carbonyl (C=O) groups is 1. The highest BCUT2D eigenvalue weighted by atomic mass is 32.2. The van der Waals surface area contributed by atoms with E-state index in [1.807, 2.05) is 18.9 Å². The Bertz CT molecular complexity index is 919. The summed E-state index contributed by atoms with van der Waals surface area (Å²) in [6.07, 6.45) is 2.89. The van der Waals surface area contributed by atoms with E-state index in [2.05, 4.69) is 29.6 Å². The van der Waals surface area contributed by atoms with Crippen molar-refractivity contribution < 1.29 is 13.2 Å². The molecule has 0 unspecified atom stereocenters. The molecule has 0 spiro atoms. The van der Waals surface area contributed by atoms with Gasteiger partial charge in [0.05, 0.1) is 11.4 Å². The van der Waals surface area contributed by atoms with Crippen LogP contribution >= 0.6 is 0 Å². The summed E-state index contributed by atoms with van der Waals surface area (Å²) in [5, 5.41) is 2.84. The number of hydrogen-bond acceptors (Lipinski definition) is 4. The Morgan fingerprint density at radius 1 is 1.00 bits per heavy atom. The Hall–Kier alpha value is -2.22. The first kappa shape index (κ1) is 21.5. The van der Waals surface area contributed by atoms with Gasteiger partial charge in [0.2, 0.25) is 15.9 Å². The number of likely N-dealkylation sites (N-methyl/N-ethyl adjacent to an activating group) is 1. The summed E-state index contributed by atoms with van der Waals surface area (Å²) in [5.74, 6) is -0.133. The Labute approximate surface area is 173 Å². The lowest BCUT2D eigenvalue weighted by atomic mass is 10.1. The summed E-state index contributed by atoms with van der Waals surface area (Å²) in [7, 11) is -1.56. The summed E-state index contributed by atoms with van der Waals surface area (Å²) in [5.41, 5.74) is 2.95. The molecule has 2 aromatic rings. The van der Waals surface area contributed by atoms with Crippen molar-refractivity contribution in [3.8, 4) is 0 Å². The number of nitrogens with zero attached hydrogens (tertiary/aromatic N) is 2. The maximum absolute atomic E-state index is 12.7. The van der Waals surface area contributed by atoms with Crippen LogP contribution in [-0.2, 0) is 21.4 Å². The van der Waals surface area contributed by atoms with Crippen LogP contribution in [0.5, 0.6) is 0 Å². The van der Waals surface area contributed by atoms with Crippen LogP contribution in [0.15, 0.2) is 53.4 Å². The van der Waals surface area contributed by atoms with Gasteiger partial charge >= 0.3 is 0 Å². The van der Waals surface area contributed by atoms with Crippen LogP contribution in [-0.4, -0.2) is 50.2 Å². The molecule has 156 valence electrons. The van der Waals surface area contributed by atoms with Crippen LogP contribution in [0.3, 0.4) is 0 Å². The van der Waals surface area contributed by atoms with Crippen LogP contribution in [0.25, 0.3) is 0 Å². The number of carbonyl (C=O) groups excluding carboxylic acids is 1. The molecule has 1 heterocycles. The number of benzene rings is 2. The van der Waals surface area contributed by atoms with E-state index in [4.69, 9.17) is 0 Å². The highest BCUT2D eigenvalue weighted by Crippen LogP contribution is 2.22. The number of amides is 1. The van der Waals surface area contributed by atoms with E-state index in [9.17, 15) is 13.2 Å². The molecule has 1 amide bonds. The van der Waals surface area contributed by atoms with E-state index in [-0.39, 0.29) is 17.3 Å². The van der Waals surface area contributed by atoms with Crippen molar-refractivity contribution >= 4 is 21.6 Å². The van der Waals surface area contributed by atoms with Crippen LogP contribution in [0.1, 0.15) is 30.4 Å². The van der Waals surface area contributed by atoms with Crippen LogP contribution in [0.2, 0.25) is 0 Å². The fourth-order valence-corrected chi connectivity index (χ4v) is 4.99. The molecule has 0 aliphatic carbocycles. The molecule has 0 aromatic heterocycles. The summed E-state index contributed by atoms with van der Waals surface area (Å²) < 4.78 is 26.9. The molecule has 2 aromatic carbocycles. The van der Waals surface area contributed by atoms with E-state index in [0.717, 1.165) is 24.8 Å². The largest absolute Gasteiger partial charge is 0.325 e. The minimum atomic E-state index is -3.45. The monoisotopic (exact) mass is 415 g/mol. The molecule has 1 fully saturated rings. The molecule has 0 atom stereocenters. The standard InChI is InChI=1S/C22H29N3O3S/c1-18-6-8-19(9-7-18)16-24(2)17-22(26)23-20-10-12-21(13-11-20)29(27,28)25-14-4-3-5-15-25/h6-13H,3-5,14-17H2,1-2H3,(H,23,26). The first-order valence-electron chi connectivity index (χ1n) is 9.99. The van der Waals surface area contributed by atoms with Gasteiger partial charge in [-0.2, -0.15) is 4.31 Å². The van der Waals surface area contributed by atoms with E-state index in [1.165, 1.54) is 5.56 Å². The lowest BCUT2D eigenvalue weighted by molar-refractivity contribution is -0.117. The molecule has 1 N–H and O–H groups in total. The molecule has 1 aliphatic heterocycles. The molecule has 1 saturated heterocycles. The second-order valence-corrected chi connectivity index (χ2v) is 9.63. The van der Waals surface area contributed by atoms with E-state index < -0.39 is 10.0 Å². The number of hydrogen-bond donors (Lipinski definition) is 1. The Balaban J connectivity index is 1.54. The highest BCUT2D eigenvalue weighted by molar-refractivity contribution is 7.89. The SMILES string of the molecule is Cc1ccc(CN(C)CC(=O)Nc2ccc(S(=O)(=O)N3CCCCC3)cc2)cc1. The molecule has 1 aliphatic rings. The lowest BCUT2D eigenvalue weighted by Crippen LogP contribution is -2.35. The lowest BCUT2D eigenvalue weighted by Gasteiger charge is -2.25. The van der Waals surface area contributed by atoms with E-state index in [0.29, 0.717) is 25.3 Å². The number of rotatable bonds is 7. The molecular formula is C22H29N3O3S. The maximum Gasteiger partial charge on any atom is 0.243 e. The summed E-state index contributed by atoms with van der Waals surface area (Å²) >= 11 is 0. The quantitative estimate of drug-likeness (QED) is 0.754. The third-order valence-corrected chi connectivity index (χ3v) is 6.99. The molecule has 0 radical (unpaired) electrons. The van der Waals surface area contributed by atoms with Gasteiger partial charge in [0, 0.05) is 25.3 Å². The van der Waals surface area contributed by atoms with Crippen LogP contribution in [0.4, 0.5) is 5.69 Å². The van der Waals surface area contributed by atoms with Crippen molar-refractivity contribution in [2.24, 2.45) is 0 Å². The third-order valence-electron chi connectivity index (χ3n) is 5.08. The maximum atomic E-state index is 12.7. The molecule has 0 bridgehead atoms. The van der Waals surface area contributed by atoms with Gasteiger partial charge in [0.25, 0.3) is 0 Å². The topological polar surface area (TPSA) is 69.7 Å². The van der Waals surface area contributed by atoms with Crippen molar-refractivity contribution in [3.63, 3.8) is 0 Å². The van der Waals surface area contributed by atoms with Crippen molar-refractivity contribution in [1.29, 1.82) is 0 Å². The minimum absolute atomic E-state index is 0.133. The van der Waals surface area contributed by atoms with Crippen molar-refractivity contribution in [3.05, 3.63) is 59.7 Å². The first-order valence-corrected chi connectivity index (χ1v) is 11.4. The normalized spacial score (nSPS) is 15.4. The van der Waals surface area contributed by atoms with Crippen LogP contribution < -0.4 is 5.32 Å². The second kappa shape index (κ2) is 9.52. The van der Waals surface area contributed by atoms with Crippen molar-refractivity contribution in [2.75, 3.05) is 32.0 Å². The zero-order valence-electron chi connectivity index (χ0n) is 17.1. The fourth-order valence-electron chi connectivity index (χ4n) is 3.47. The predicted octanol–water partition coefficient (Wildman–Crippen LogP) is 3.24. The smallest absolute Gasteiger partial charge is 0.243 e. The molecular weight excluding hydrogens is 386 g/mol. The fraction of sp³-hybridized carbons (Fsp3) is 0.409. The van der Waals surface area contributed by atoms with Crippen molar-refractivity contribution in [2.45, 2.75) is 37.6 Å². The summed E-state index contributed by atoms with van der Waals surface area (Å²) in [6, 6.07) is 14.7. The van der Waals surface area contributed by atoms with Gasteiger partial charge in [-0.15, -0.1) is 0 Å². The van der Waals surface area contributed by atoms with Gasteiger partial charge in [-0.25, -0.2) is 8.42 Å². The Kier molecular flexibility index (Phi) is 7.05. The average Bonchev–Trinajstić information content (AvgIpc) is 2.70. The zero-order chi connectivity index (χ0) is 20.9. The first-order chi connectivity index (χ1) is 13.8. The van der Waals surface area contributed by atoms with E-state index >= 15 is 0 Å². The second-order valence-electron chi connectivity index (χ2n) is 7.70. The molecule has 6 nitrogen and oxygen atoms in total. The third kappa shape index (κ3) is 5.88. The highest BCUT2D eigenvalue weighted by Gasteiger charge is 2.25. The average molecular weight is 416 g/mol. The number of nitrogens with one attached hydrogen (secondary N) is 1. The molecule has 29 heavy (non-hydrogen) atoms. The number of sulfonamides is 1. The van der Waals surface area contributed by atoms with Gasteiger partial charge in [-0.1, -0.05) is 36.2 Å². The van der Waals surface area contributed by atoms with Crippen LogP contribution in [0, 0.1) is 6.92 Å². The Morgan fingerprint density at radius 3 is 2.24 bits per heavy atom. The van der Waals surface area contributed by atoms with E-state index in [1.54, 1.807) is 28.6 Å². The van der Waals surface area contributed by atoms with Gasteiger partial charge in [0.1, 0.15) is 0 Å².